The molecule has 0 heterocycles. The van der Waals surface area contributed by atoms with E-state index in [1.165, 1.54) is 5.56 Å². The fraction of sp³-hybridized carbons (Fsp3) is 0.333. The van der Waals surface area contributed by atoms with Crippen molar-refractivity contribution >= 4 is 11.1 Å². The molecule has 0 radical (unpaired) electrons. The molecule has 1 rings (SSSR count). The van der Waals surface area contributed by atoms with Crippen LogP contribution >= 0.6 is 0 Å². The maximum Gasteiger partial charge on any atom is 0.336 e. The highest BCUT2D eigenvalue weighted by Gasteiger charge is 2.10. The second-order valence-electron chi connectivity index (χ2n) is 2.34. The first-order chi connectivity index (χ1) is 6.57. The van der Waals surface area contributed by atoms with Crippen LogP contribution in [0.25, 0.3) is 0 Å². The lowest BCUT2D eigenvalue weighted by atomic mass is 10.2. The first-order valence-electron chi connectivity index (χ1n) is 3.82. The molecule has 0 saturated carbocycles. The van der Waals surface area contributed by atoms with Gasteiger partial charge in [-0.15, -0.1) is 0 Å². The lowest BCUT2D eigenvalue weighted by Crippen LogP contribution is -2.02. The van der Waals surface area contributed by atoms with Gasteiger partial charge in [0, 0.05) is 0 Å². The van der Waals surface area contributed by atoms with Crippen molar-refractivity contribution in [2.75, 3.05) is 7.11 Å². The predicted molar refractivity (Wildman–Crippen MR) is 52.3 cm³/mol. The van der Waals surface area contributed by atoms with Crippen LogP contribution < -0.4 is 0 Å². The second-order valence-corrected chi connectivity index (χ2v) is 3.55. The van der Waals surface area contributed by atoms with Gasteiger partial charge < -0.3 is 0 Å². The summed E-state index contributed by atoms with van der Waals surface area (Å²) < 4.78 is 35.4. The van der Waals surface area contributed by atoms with Crippen molar-refractivity contribution in [3.63, 3.8) is 0 Å². The highest BCUT2D eigenvalue weighted by molar-refractivity contribution is 7.80. The molecule has 0 aliphatic carbocycles. The summed E-state index contributed by atoms with van der Waals surface area (Å²) in [6.45, 7) is 2.08. The summed E-state index contributed by atoms with van der Waals surface area (Å²) in [5, 5.41) is 0. The summed E-state index contributed by atoms with van der Waals surface area (Å²) in [5.74, 6) is -2.88. The normalized spacial score (nSPS) is 11.8. The Labute approximate surface area is 84.6 Å². The van der Waals surface area contributed by atoms with Crippen LogP contribution in [0.15, 0.2) is 30.3 Å². The van der Waals surface area contributed by atoms with Gasteiger partial charge in [-0.3, -0.25) is 4.18 Å². The number of hydrogen-bond donors (Lipinski definition) is 0. The molecule has 0 saturated heterocycles. The highest BCUT2D eigenvalue weighted by atomic mass is 32.2. The molecule has 0 aliphatic heterocycles. The van der Waals surface area contributed by atoms with Gasteiger partial charge in [-0.25, -0.2) is 4.21 Å². The SMILES string of the molecule is COS(=O)C(F)F.Cc1ccccc1. The van der Waals surface area contributed by atoms with Crippen molar-refractivity contribution in [2.45, 2.75) is 12.7 Å². The zero-order valence-corrected chi connectivity index (χ0v) is 8.76. The third kappa shape index (κ3) is 6.68. The number of halogens is 2. The van der Waals surface area contributed by atoms with Gasteiger partial charge in [0.15, 0.2) is 0 Å². The monoisotopic (exact) mass is 222 g/mol. The van der Waals surface area contributed by atoms with Gasteiger partial charge in [-0.2, -0.15) is 8.78 Å². The molecule has 0 N–H and O–H groups in total. The molecular formula is C9H12F2O2S. The molecular weight excluding hydrogens is 210 g/mol. The standard InChI is InChI=1S/C7H8.C2H4F2O2S/c1-7-5-3-2-4-6-7;1-6-7(5)2(3)4/h2-6H,1H3;2H,1H3. The molecule has 0 spiro atoms. The third-order valence-electron chi connectivity index (χ3n) is 1.25. The van der Waals surface area contributed by atoms with E-state index in [-0.39, 0.29) is 0 Å². The van der Waals surface area contributed by atoms with E-state index >= 15 is 0 Å². The zero-order chi connectivity index (χ0) is 11.0. The summed E-state index contributed by atoms with van der Waals surface area (Å²) >= 11 is -2.41. The van der Waals surface area contributed by atoms with Gasteiger partial charge in [0.25, 0.3) is 0 Å². The average Bonchev–Trinajstić information content (AvgIpc) is 2.18. The van der Waals surface area contributed by atoms with Crippen LogP contribution in [0.3, 0.4) is 0 Å². The summed E-state index contributed by atoms with van der Waals surface area (Å²) in [7, 11) is 0.961. The smallest absolute Gasteiger partial charge is 0.290 e. The van der Waals surface area contributed by atoms with Crippen molar-refractivity contribution in [3.05, 3.63) is 35.9 Å². The minimum absolute atomic E-state index is 0.961. The lowest BCUT2D eigenvalue weighted by Gasteiger charge is -1.91. The Morgan fingerprint density at radius 3 is 1.93 bits per heavy atom. The van der Waals surface area contributed by atoms with Crippen molar-refractivity contribution in [1.29, 1.82) is 0 Å². The Kier molecular flexibility index (Phi) is 7.14. The van der Waals surface area contributed by atoms with E-state index in [1.807, 2.05) is 18.2 Å². The highest BCUT2D eigenvalue weighted by Crippen LogP contribution is 1.98. The molecule has 0 bridgehead atoms. The Morgan fingerprint density at radius 1 is 1.29 bits per heavy atom. The summed E-state index contributed by atoms with van der Waals surface area (Å²) in [4.78, 5) is 0. The maximum absolute atomic E-state index is 11.0. The molecule has 0 aromatic heterocycles. The van der Waals surface area contributed by atoms with Crippen LogP contribution in [0.4, 0.5) is 8.78 Å². The van der Waals surface area contributed by atoms with Gasteiger partial charge in [0.2, 0.25) is 11.1 Å². The summed E-state index contributed by atoms with van der Waals surface area (Å²) in [5.41, 5.74) is 1.32. The van der Waals surface area contributed by atoms with Crippen molar-refractivity contribution in [3.8, 4) is 0 Å². The van der Waals surface area contributed by atoms with Crippen LogP contribution in [-0.2, 0) is 15.3 Å². The first-order valence-corrected chi connectivity index (χ1v) is 4.96. The van der Waals surface area contributed by atoms with E-state index in [0.29, 0.717) is 0 Å². The third-order valence-corrected chi connectivity index (χ3v) is 1.87. The number of rotatable bonds is 2. The topological polar surface area (TPSA) is 26.3 Å². The fourth-order valence-corrected chi connectivity index (χ4v) is 0.753. The molecule has 1 atom stereocenters. The predicted octanol–water partition coefficient (Wildman–Crippen LogP) is 2.51. The van der Waals surface area contributed by atoms with Crippen LogP contribution in [0.1, 0.15) is 5.56 Å². The van der Waals surface area contributed by atoms with Gasteiger partial charge in [0.1, 0.15) is 0 Å². The van der Waals surface area contributed by atoms with E-state index in [0.717, 1.165) is 7.11 Å². The van der Waals surface area contributed by atoms with Crippen LogP contribution in [0.2, 0.25) is 0 Å². The van der Waals surface area contributed by atoms with Gasteiger partial charge in [0.05, 0.1) is 7.11 Å². The van der Waals surface area contributed by atoms with E-state index in [9.17, 15) is 13.0 Å². The molecule has 0 fully saturated rings. The van der Waals surface area contributed by atoms with Gasteiger partial charge in [-0.05, 0) is 6.92 Å². The number of aryl methyl sites for hydroxylation is 1. The van der Waals surface area contributed by atoms with E-state index < -0.39 is 16.8 Å². The van der Waals surface area contributed by atoms with Crippen molar-refractivity contribution in [1.82, 2.24) is 0 Å². The average molecular weight is 222 g/mol. The van der Waals surface area contributed by atoms with E-state index in [2.05, 4.69) is 23.2 Å². The minimum atomic E-state index is -2.88. The molecule has 1 unspecified atom stereocenters. The molecule has 1 aromatic carbocycles. The van der Waals surface area contributed by atoms with Gasteiger partial charge >= 0.3 is 5.76 Å². The zero-order valence-electron chi connectivity index (χ0n) is 7.94. The summed E-state index contributed by atoms with van der Waals surface area (Å²) in [6, 6.07) is 10.3. The Hall–Kier alpha value is -0.810. The number of benzene rings is 1. The molecule has 14 heavy (non-hydrogen) atoms. The molecule has 5 heteroatoms. The summed E-state index contributed by atoms with van der Waals surface area (Å²) in [6.07, 6.45) is 0. The fourth-order valence-electron chi connectivity index (χ4n) is 0.607. The molecule has 0 amide bonds. The van der Waals surface area contributed by atoms with Crippen LogP contribution in [0, 0.1) is 6.92 Å². The molecule has 2 nitrogen and oxygen atoms in total. The minimum Gasteiger partial charge on any atom is -0.290 e. The largest absolute Gasteiger partial charge is 0.336 e. The van der Waals surface area contributed by atoms with Crippen LogP contribution in [0.5, 0.6) is 0 Å². The number of alkyl halides is 2. The van der Waals surface area contributed by atoms with Crippen molar-refractivity contribution in [2.24, 2.45) is 0 Å². The Balaban J connectivity index is 0.000000241. The lowest BCUT2D eigenvalue weighted by molar-refractivity contribution is 0.225. The second kappa shape index (κ2) is 7.58. The Morgan fingerprint density at radius 2 is 1.79 bits per heavy atom. The number of hydrogen-bond acceptors (Lipinski definition) is 2. The van der Waals surface area contributed by atoms with E-state index in [1.54, 1.807) is 0 Å². The van der Waals surface area contributed by atoms with E-state index in [4.69, 9.17) is 0 Å². The molecule has 0 aliphatic rings. The molecule has 80 valence electrons. The van der Waals surface area contributed by atoms with Gasteiger partial charge in [-0.1, -0.05) is 35.9 Å². The quantitative estimate of drug-likeness (QED) is 0.768. The Bertz CT molecular complexity index is 265. The van der Waals surface area contributed by atoms with Crippen LogP contribution in [-0.4, -0.2) is 17.1 Å². The maximum atomic E-state index is 11.0. The molecule has 1 aromatic rings. The first kappa shape index (κ1) is 13.2. The van der Waals surface area contributed by atoms with Crippen molar-refractivity contribution < 1.29 is 17.2 Å².